The number of hydrogen-bond donors (Lipinski definition) is 1. The highest BCUT2D eigenvalue weighted by Gasteiger charge is 2.14. The van der Waals surface area contributed by atoms with Gasteiger partial charge in [-0.25, -0.2) is 10.1 Å². The Balaban J connectivity index is 1.54. The van der Waals surface area contributed by atoms with Crippen molar-refractivity contribution >= 4 is 12.2 Å². The number of aromatic amines is 1. The summed E-state index contributed by atoms with van der Waals surface area (Å²) >= 11 is 4.95. The van der Waals surface area contributed by atoms with Crippen molar-refractivity contribution < 1.29 is 23.4 Å². The van der Waals surface area contributed by atoms with Crippen LogP contribution in [0.25, 0.3) is 11.6 Å². The molecule has 8 nitrogen and oxygen atoms in total. The van der Waals surface area contributed by atoms with Gasteiger partial charge in [-0.05, 0) is 47.6 Å². The first kappa shape index (κ1) is 21.4. The molecule has 2 heterocycles. The monoisotopic (exact) mass is 451 g/mol. The topological polar surface area (TPSA) is 91.6 Å². The molecule has 164 valence electrons. The second kappa shape index (κ2) is 9.97. The minimum Gasteiger partial charge on any atom is -0.497 e. The summed E-state index contributed by atoms with van der Waals surface area (Å²) in [6.07, 6.45) is 1.58. The average Bonchev–Trinajstić information content (AvgIpc) is 3.28. The van der Waals surface area contributed by atoms with Gasteiger partial charge in [0.15, 0.2) is 11.5 Å². The summed E-state index contributed by atoms with van der Waals surface area (Å²) < 4.78 is 27.8. The smallest absolute Gasteiger partial charge is 0.284 e. The Bertz CT molecular complexity index is 1220. The molecule has 0 aliphatic carbocycles. The Morgan fingerprint density at radius 1 is 0.844 bits per heavy atom. The van der Waals surface area contributed by atoms with Crippen LogP contribution in [0.1, 0.15) is 11.1 Å². The van der Waals surface area contributed by atoms with Crippen LogP contribution in [0.4, 0.5) is 0 Å². The van der Waals surface area contributed by atoms with Crippen molar-refractivity contribution in [2.75, 3.05) is 14.2 Å². The number of ether oxygens (including phenoxy) is 4. The van der Waals surface area contributed by atoms with Gasteiger partial charge in [-0.1, -0.05) is 24.3 Å². The SMILES string of the molecule is COc1ccc(COc2cnc(-c3n[nH]c(=S)o3)cc2OCc2ccc(OC)cc2)cc1. The van der Waals surface area contributed by atoms with Crippen LogP contribution < -0.4 is 18.9 Å². The molecule has 0 fully saturated rings. The summed E-state index contributed by atoms with van der Waals surface area (Å²) in [6, 6.07) is 17.0. The fraction of sp³-hybridized carbons (Fsp3) is 0.174. The first-order valence-corrected chi connectivity index (χ1v) is 10.1. The van der Waals surface area contributed by atoms with E-state index in [2.05, 4.69) is 15.2 Å². The molecule has 0 saturated heterocycles. The largest absolute Gasteiger partial charge is 0.497 e. The summed E-state index contributed by atoms with van der Waals surface area (Å²) in [6.45, 7) is 0.670. The van der Waals surface area contributed by atoms with E-state index < -0.39 is 0 Å². The number of nitrogens with one attached hydrogen (secondary N) is 1. The molecule has 0 spiro atoms. The van der Waals surface area contributed by atoms with Crippen LogP contribution in [0.2, 0.25) is 0 Å². The number of rotatable bonds is 9. The molecule has 0 amide bonds. The van der Waals surface area contributed by atoms with E-state index in [1.807, 2.05) is 48.5 Å². The zero-order valence-corrected chi connectivity index (χ0v) is 18.3. The van der Waals surface area contributed by atoms with Crippen molar-refractivity contribution in [2.24, 2.45) is 0 Å². The van der Waals surface area contributed by atoms with Gasteiger partial charge in [0.2, 0.25) is 0 Å². The molecule has 0 saturated carbocycles. The second-order valence-corrected chi connectivity index (χ2v) is 7.08. The van der Waals surface area contributed by atoms with Crippen LogP contribution in [-0.2, 0) is 13.2 Å². The highest BCUT2D eigenvalue weighted by atomic mass is 32.1. The van der Waals surface area contributed by atoms with Crippen molar-refractivity contribution in [3.05, 3.63) is 76.8 Å². The van der Waals surface area contributed by atoms with Crippen molar-refractivity contribution in [3.63, 3.8) is 0 Å². The Kier molecular flexibility index (Phi) is 6.66. The van der Waals surface area contributed by atoms with Crippen LogP contribution >= 0.6 is 12.2 Å². The molecule has 4 aromatic rings. The molecule has 0 bridgehead atoms. The van der Waals surface area contributed by atoms with Crippen molar-refractivity contribution in [3.8, 4) is 34.6 Å². The van der Waals surface area contributed by atoms with E-state index in [0.29, 0.717) is 30.4 Å². The molecule has 2 aromatic heterocycles. The Morgan fingerprint density at radius 3 is 1.91 bits per heavy atom. The zero-order valence-electron chi connectivity index (χ0n) is 17.5. The number of methoxy groups -OCH3 is 2. The summed E-state index contributed by atoms with van der Waals surface area (Å²) in [5.74, 6) is 2.83. The molecule has 0 aliphatic rings. The molecule has 9 heteroatoms. The predicted molar refractivity (Wildman–Crippen MR) is 120 cm³/mol. The third-order valence-corrected chi connectivity index (χ3v) is 4.77. The van der Waals surface area contributed by atoms with Gasteiger partial charge < -0.3 is 23.4 Å². The van der Waals surface area contributed by atoms with Crippen molar-refractivity contribution in [1.29, 1.82) is 0 Å². The van der Waals surface area contributed by atoms with Crippen molar-refractivity contribution in [2.45, 2.75) is 13.2 Å². The molecule has 0 atom stereocenters. The normalized spacial score (nSPS) is 10.6. The standard InChI is InChI=1S/C23H21N3O5S/c1-27-17-7-3-15(4-8-17)13-29-20-11-19(22-25-26-23(32)31-22)24-12-21(20)30-14-16-5-9-18(28-2)10-6-16/h3-12H,13-14H2,1-2H3,(H,26,32). The Morgan fingerprint density at radius 2 is 1.41 bits per heavy atom. The second-order valence-electron chi connectivity index (χ2n) is 6.71. The van der Waals surface area contributed by atoms with Gasteiger partial charge in [-0.3, -0.25) is 0 Å². The quantitative estimate of drug-likeness (QED) is 0.357. The van der Waals surface area contributed by atoms with Gasteiger partial charge in [0.1, 0.15) is 30.4 Å². The first-order chi connectivity index (χ1) is 15.6. The highest BCUT2D eigenvalue weighted by Crippen LogP contribution is 2.32. The highest BCUT2D eigenvalue weighted by molar-refractivity contribution is 7.71. The van der Waals surface area contributed by atoms with Gasteiger partial charge in [0.25, 0.3) is 10.7 Å². The predicted octanol–water partition coefficient (Wildman–Crippen LogP) is 4.97. The van der Waals surface area contributed by atoms with E-state index >= 15 is 0 Å². The fourth-order valence-corrected chi connectivity index (χ4v) is 2.99. The number of H-pyrrole nitrogens is 1. The van der Waals surface area contributed by atoms with Crippen LogP contribution in [-0.4, -0.2) is 29.4 Å². The van der Waals surface area contributed by atoms with Gasteiger partial charge >= 0.3 is 0 Å². The average molecular weight is 452 g/mol. The van der Waals surface area contributed by atoms with Crippen molar-refractivity contribution in [1.82, 2.24) is 15.2 Å². The maximum Gasteiger partial charge on any atom is 0.284 e. The van der Waals surface area contributed by atoms with Gasteiger partial charge in [-0.15, -0.1) is 5.10 Å². The van der Waals surface area contributed by atoms with E-state index in [-0.39, 0.29) is 10.7 Å². The van der Waals surface area contributed by atoms with E-state index in [1.54, 1.807) is 26.5 Å². The molecular weight excluding hydrogens is 430 g/mol. The summed E-state index contributed by atoms with van der Waals surface area (Å²) in [7, 11) is 3.26. The third-order valence-electron chi connectivity index (χ3n) is 4.60. The lowest BCUT2D eigenvalue weighted by molar-refractivity contribution is 0.255. The fourth-order valence-electron chi connectivity index (χ4n) is 2.87. The molecule has 1 N–H and O–H groups in total. The van der Waals surface area contributed by atoms with E-state index in [0.717, 1.165) is 22.6 Å². The maximum atomic E-state index is 6.06. The van der Waals surface area contributed by atoms with E-state index in [1.165, 1.54) is 0 Å². The number of hydrogen-bond acceptors (Lipinski definition) is 8. The summed E-state index contributed by atoms with van der Waals surface area (Å²) in [5.41, 5.74) is 2.43. The molecule has 0 radical (unpaired) electrons. The Labute approximate surface area is 189 Å². The van der Waals surface area contributed by atoms with Gasteiger partial charge in [0, 0.05) is 6.07 Å². The van der Waals surface area contributed by atoms with E-state index in [9.17, 15) is 0 Å². The lowest BCUT2D eigenvalue weighted by Crippen LogP contribution is -2.02. The lowest BCUT2D eigenvalue weighted by atomic mass is 10.2. The third kappa shape index (κ3) is 5.25. The zero-order chi connectivity index (χ0) is 22.3. The van der Waals surface area contributed by atoms with Gasteiger partial charge in [-0.2, -0.15) is 0 Å². The van der Waals surface area contributed by atoms with Crippen LogP contribution in [0, 0.1) is 4.84 Å². The molecule has 32 heavy (non-hydrogen) atoms. The Hall–Kier alpha value is -3.85. The van der Waals surface area contributed by atoms with Crippen LogP contribution in [0.15, 0.2) is 65.2 Å². The number of pyridine rings is 1. The van der Waals surface area contributed by atoms with Gasteiger partial charge in [0.05, 0.1) is 20.4 Å². The molecule has 4 rings (SSSR count). The minimum absolute atomic E-state index is 0.169. The summed E-state index contributed by atoms with van der Waals surface area (Å²) in [4.78, 5) is 4.55. The minimum atomic E-state index is 0.169. The van der Waals surface area contributed by atoms with Crippen LogP contribution in [0.3, 0.4) is 0 Å². The lowest BCUT2D eigenvalue weighted by Gasteiger charge is -2.14. The van der Waals surface area contributed by atoms with Crippen LogP contribution in [0.5, 0.6) is 23.0 Å². The van der Waals surface area contributed by atoms with E-state index in [4.69, 9.17) is 35.6 Å². The summed E-state index contributed by atoms with van der Waals surface area (Å²) in [5, 5.41) is 6.61. The maximum absolute atomic E-state index is 6.06. The molecular formula is C23H21N3O5S. The number of aromatic nitrogens is 3. The number of benzene rings is 2. The molecule has 0 unspecified atom stereocenters. The first-order valence-electron chi connectivity index (χ1n) is 9.72. The molecule has 0 aliphatic heterocycles. The number of nitrogens with zero attached hydrogens (tertiary/aromatic N) is 2. The molecule has 2 aromatic carbocycles.